The Kier molecular flexibility index (Phi) is 6.46. The van der Waals surface area contributed by atoms with Crippen LogP contribution >= 0.6 is 0 Å². The summed E-state index contributed by atoms with van der Waals surface area (Å²) in [5, 5.41) is 0. The summed E-state index contributed by atoms with van der Waals surface area (Å²) in [5.41, 5.74) is 0. The molecular weight excluding hydrogens is 332 g/mol. The molecule has 154 valence electrons. The summed E-state index contributed by atoms with van der Waals surface area (Å²) in [4.78, 5) is 17.3. The molecule has 1 heterocycles. The van der Waals surface area contributed by atoms with Gasteiger partial charge in [0.25, 0.3) is 0 Å². The lowest BCUT2D eigenvalue weighted by Crippen LogP contribution is -2.65. The Morgan fingerprint density at radius 2 is 1.37 bits per heavy atom. The summed E-state index contributed by atoms with van der Waals surface area (Å²) in [6, 6.07) is 1.51. The smallest absolute Gasteiger partial charge is 0.220 e. The fraction of sp³-hybridized carbons (Fsp3) is 0.958. The van der Waals surface area contributed by atoms with Crippen LogP contribution < -0.4 is 0 Å². The van der Waals surface area contributed by atoms with Gasteiger partial charge in [0.2, 0.25) is 5.91 Å². The van der Waals surface area contributed by atoms with Crippen molar-refractivity contribution in [2.45, 2.75) is 115 Å². The fourth-order valence-corrected chi connectivity index (χ4v) is 7.26. The van der Waals surface area contributed by atoms with Crippen LogP contribution in [0.25, 0.3) is 0 Å². The van der Waals surface area contributed by atoms with E-state index in [2.05, 4.69) is 16.7 Å². The normalized spacial score (nSPS) is 39.2. The highest BCUT2D eigenvalue weighted by atomic mass is 16.2. The van der Waals surface area contributed by atoms with Crippen molar-refractivity contribution in [1.29, 1.82) is 0 Å². The van der Waals surface area contributed by atoms with Gasteiger partial charge in [-0.1, -0.05) is 44.9 Å². The number of fused-ring (bicyclic) bond motifs is 1. The Labute approximate surface area is 167 Å². The number of amides is 1. The topological polar surface area (TPSA) is 23.6 Å². The van der Waals surface area contributed by atoms with Crippen LogP contribution in [0.3, 0.4) is 0 Å². The molecule has 1 aliphatic heterocycles. The fourth-order valence-electron chi connectivity index (χ4n) is 7.26. The number of carbonyl (C=O) groups is 1. The predicted octanol–water partition coefficient (Wildman–Crippen LogP) is 5.24. The van der Waals surface area contributed by atoms with Gasteiger partial charge in [-0.2, -0.15) is 0 Å². The molecule has 2 unspecified atom stereocenters. The zero-order valence-electron chi connectivity index (χ0n) is 17.9. The minimum Gasteiger partial charge on any atom is -0.334 e. The predicted molar refractivity (Wildman–Crippen MR) is 112 cm³/mol. The third-order valence-electron chi connectivity index (χ3n) is 8.56. The van der Waals surface area contributed by atoms with Crippen LogP contribution in [-0.2, 0) is 4.79 Å². The molecule has 0 aromatic carbocycles. The van der Waals surface area contributed by atoms with Crippen molar-refractivity contribution in [3.63, 3.8) is 0 Å². The molecule has 4 fully saturated rings. The zero-order valence-corrected chi connectivity index (χ0v) is 17.9. The Hall–Kier alpha value is -0.570. The Morgan fingerprint density at radius 3 is 2.04 bits per heavy atom. The second kappa shape index (κ2) is 8.84. The summed E-state index contributed by atoms with van der Waals surface area (Å²) in [6.45, 7) is 6.46. The van der Waals surface area contributed by atoms with E-state index in [1.165, 1.54) is 90.0 Å². The van der Waals surface area contributed by atoms with Crippen LogP contribution in [0.4, 0.5) is 0 Å². The van der Waals surface area contributed by atoms with Crippen molar-refractivity contribution >= 4 is 5.91 Å². The summed E-state index contributed by atoms with van der Waals surface area (Å²) in [5.74, 6) is 3.30. The molecule has 0 aromatic rings. The highest BCUT2D eigenvalue weighted by Crippen LogP contribution is 2.41. The van der Waals surface area contributed by atoms with Gasteiger partial charge in [-0.05, 0) is 63.2 Å². The number of rotatable bonds is 3. The van der Waals surface area contributed by atoms with E-state index in [9.17, 15) is 4.79 Å². The van der Waals surface area contributed by atoms with E-state index in [1.807, 2.05) is 0 Å². The number of nitrogens with zero attached hydrogens (tertiary/aromatic N) is 2. The van der Waals surface area contributed by atoms with Gasteiger partial charge in [-0.3, -0.25) is 9.69 Å². The molecule has 3 nitrogen and oxygen atoms in total. The number of hydrogen-bond acceptors (Lipinski definition) is 2. The maximum Gasteiger partial charge on any atom is 0.220 e. The van der Waals surface area contributed by atoms with E-state index in [0.29, 0.717) is 24.0 Å². The van der Waals surface area contributed by atoms with Crippen LogP contribution in [0.2, 0.25) is 0 Å². The minimum absolute atomic E-state index is 0.298. The molecule has 27 heavy (non-hydrogen) atoms. The van der Waals surface area contributed by atoms with E-state index in [0.717, 1.165) is 24.3 Å². The van der Waals surface area contributed by atoms with Crippen molar-refractivity contribution in [2.75, 3.05) is 13.1 Å². The summed E-state index contributed by atoms with van der Waals surface area (Å²) in [7, 11) is 0. The van der Waals surface area contributed by atoms with Crippen molar-refractivity contribution in [2.24, 2.45) is 17.8 Å². The number of hydrogen-bond donors (Lipinski definition) is 0. The van der Waals surface area contributed by atoms with Crippen molar-refractivity contribution in [3.8, 4) is 0 Å². The molecule has 3 saturated carbocycles. The Balaban J connectivity index is 1.33. The first-order valence-corrected chi connectivity index (χ1v) is 12.2. The lowest BCUT2D eigenvalue weighted by atomic mass is 9.71. The molecule has 3 aliphatic carbocycles. The number of piperazine rings is 1. The molecular formula is C24H42N2O. The van der Waals surface area contributed by atoms with E-state index in [1.54, 1.807) is 6.92 Å². The molecule has 4 aliphatic rings. The van der Waals surface area contributed by atoms with E-state index < -0.39 is 0 Å². The lowest BCUT2D eigenvalue weighted by Gasteiger charge is -2.53. The maximum absolute atomic E-state index is 12.3. The average molecular weight is 375 g/mol. The largest absolute Gasteiger partial charge is 0.334 e. The molecule has 0 N–H and O–H groups in total. The molecule has 0 bridgehead atoms. The molecule has 4 rings (SSSR count). The van der Waals surface area contributed by atoms with Crippen LogP contribution in [0.1, 0.15) is 97.3 Å². The summed E-state index contributed by atoms with van der Waals surface area (Å²) < 4.78 is 0. The van der Waals surface area contributed by atoms with Crippen LogP contribution in [0.5, 0.6) is 0 Å². The van der Waals surface area contributed by atoms with E-state index >= 15 is 0 Å². The maximum atomic E-state index is 12.3. The second-order valence-electron chi connectivity index (χ2n) is 10.3. The van der Waals surface area contributed by atoms with Crippen molar-refractivity contribution in [1.82, 2.24) is 9.80 Å². The van der Waals surface area contributed by atoms with Gasteiger partial charge < -0.3 is 4.90 Å². The van der Waals surface area contributed by atoms with Crippen LogP contribution in [0, 0.1) is 17.8 Å². The first-order valence-electron chi connectivity index (χ1n) is 12.2. The quantitative estimate of drug-likeness (QED) is 0.675. The third-order valence-corrected chi connectivity index (χ3v) is 8.56. The Morgan fingerprint density at radius 1 is 0.778 bits per heavy atom. The third kappa shape index (κ3) is 4.38. The standard InChI is InChI=1S/C24H42N2O/c1-18-16-25(23-10-6-7-11-24(23)26(18)19(2)27)17-20-12-14-22(15-13-20)21-8-4-3-5-9-21/h18,20-24H,3-17H2,1-2H3/t18-,20?,22?,23?,24?/m0/s1. The monoisotopic (exact) mass is 374 g/mol. The zero-order chi connectivity index (χ0) is 18.8. The van der Waals surface area contributed by atoms with E-state index in [-0.39, 0.29) is 0 Å². The molecule has 3 atom stereocenters. The molecule has 0 aromatic heterocycles. The summed E-state index contributed by atoms with van der Waals surface area (Å²) >= 11 is 0. The SMILES string of the molecule is CC(=O)N1C2CCCCC2N(CC2CCC(C3CCCCC3)CC2)C[C@@H]1C. The molecule has 0 spiro atoms. The second-order valence-corrected chi connectivity index (χ2v) is 10.3. The average Bonchev–Trinajstić information content (AvgIpc) is 2.69. The van der Waals surface area contributed by atoms with Gasteiger partial charge in [0, 0.05) is 38.1 Å². The number of carbonyl (C=O) groups excluding carboxylic acids is 1. The first-order chi connectivity index (χ1) is 13.1. The highest BCUT2D eigenvalue weighted by molar-refractivity contribution is 5.74. The highest BCUT2D eigenvalue weighted by Gasteiger charge is 2.43. The van der Waals surface area contributed by atoms with Gasteiger partial charge in [0.05, 0.1) is 0 Å². The van der Waals surface area contributed by atoms with Gasteiger partial charge in [0.15, 0.2) is 0 Å². The van der Waals surface area contributed by atoms with Gasteiger partial charge in [-0.15, -0.1) is 0 Å². The van der Waals surface area contributed by atoms with Gasteiger partial charge in [0.1, 0.15) is 0 Å². The Bertz CT molecular complexity index is 493. The minimum atomic E-state index is 0.298. The van der Waals surface area contributed by atoms with Gasteiger partial charge >= 0.3 is 0 Å². The first kappa shape index (κ1) is 19.7. The molecule has 1 amide bonds. The van der Waals surface area contributed by atoms with Gasteiger partial charge in [-0.25, -0.2) is 0 Å². The van der Waals surface area contributed by atoms with Crippen molar-refractivity contribution in [3.05, 3.63) is 0 Å². The summed E-state index contributed by atoms with van der Waals surface area (Å²) in [6.07, 6.45) is 18.6. The molecule has 0 radical (unpaired) electrons. The van der Waals surface area contributed by atoms with E-state index in [4.69, 9.17) is 0 Å². The lowest BCUT2D eigenvalue weighted by molar-refractivity contribution is -0.142. The molecule has 1 saturated heterocycles. The van der Waals surface area contributed by atoms with Crippen molar-refractivity contribution < 1.29 is 4.79 Å². The molecule has 3 heteroatoms. The van der Waals surface area contributed by atoms with Crippen LogP contribution in [0.15, 0.2) is 0 Å². The van der Waals surface area contributed by atoms with Crippen LogP contribution in [-0.4, -0.2) is 46.9 Å².